The third-order valence-electron chi connectivity index (χ3n) is 3.49. The zero-order valence-corrected chi connectivity index (χ0v) is 11.3. The van der Waals surface area contributed by atoms with Gasteiger partial charge >= 0.3 is 5.97 Å². The first-order chi connectivity index (χ1) is 10.1. The molecule has 0 aliphatic carbocycles. The number of rotatable bonds is 3. The first-order valence-corrected chi connectivity index (χ1v) is 6.67. The van der Waals surface area contributed by atoms with Gasteiger partial charge in [-0.15, -0.1) is 0 Å². The minimum Gasteiger partial charge on any atom is -0.507 e. The third-order valence-corrected chi connectivity index (χ3v) is 3.49. The zero-order valence-electron chi connectivity index (χ0n) is 11.3. The van der Waals surface area contributed by atoms with Gasteiger partial charge in [-0.05, 0) is 29.8 Å². The van der Waals surface area contributed by atoms with Crippen LogP contribution in [0.25, 0.3) is 0 Å². The molecular formula is C16H15NO4. The Morgan fingerprint density at radius 1 is 1.24 bits per heavy atom. The number of hydrogen-bond donors (Lipinski definition) is 2. The molecule has 5 nitrogen and oxygen atoms in total. The Balaban J connectivity index is 1.88. The van der Waals surface area contributed by atoms with Gasteiger partial charge in [-0.2, -0.15) is 0 Å². The molecular weight excluding hydrogens is 270 g/mol. The molecule has 2 aromatic rings. The molecule has 1 aliphatic heterocycles. The van der Waals surface area contributed by atoms with Gasteiger partial charge in [0.2, 0.25) is 0 Å². The predicted octanol–water partition coefficient (Wildman–Crippen LogP) is 2.49. The van der Waals surface area contributed by atoms with Crippen LogP contribution in [0.3, 0.4) is 0 Å². The standard InChI is InChI=1S/C16H15NO4/c18-14-6-5-11(9-12(14)16(19)20)10-17-7-8-21-15-4-2-1-3-13(15)17/h1-6,9,18H,7-8,10H2,(H,19,20). The van der Waals surface area contributed by atoms with Gasteiger partial charge in [0, 0.05) is 6.54 Å². The summed E-state index contributed by atoms with van der Waals surface area (Å²) in [6, 6.07) is 12.4. The average Bonchev–Trinajstić information content (AvgIpc) is 2.49. The highest BCUT2D eigenvalue weighted by atomic mass is 16.5. The number of anilines is 1. The van der Waals surface area contributed by atoms with Gasteiger partial charge in [-0.25, -0.2) is 4.79 Å². The van der Waals surface area contributed by atoms with Crippen LogP contribution in [-0.4, -0.2) is 29.3 Å². The lowest BCUT2D eigenvalue weighted by Gasteiger charge is -2.31. The molecule has 108 valence electrons. The molecule has 0 atom stereocenters. The molecule has 0 bridgehead atoms. The van der Waals surface area contributed by atoms with Crippen molar-refractivity contribution in [1.29, 1.82) is 0 Å². The number of fused-ring (bicyclic) bond motifs is 1. The van der Waals surface area contributed by atoms with Crippen molar-refractivity contribution in [1.82, 2.24) is 0 Å². The second-order valence-electron chi connectivity index (χ2n) is 4.89. The molecule has 3 rings (SSSR count). The Kier molecular flexibility index (Phi) is 3.39. The molecule has 1 heterocycles. The van der Waals surface area contributed by atoms with E-state index in [1.807, 2.05) is 24.3 Å². The number of phenols is 1. The Hall–Kier alpha value is -2.69. The van der Waals surface area contributed by atoms with Crippen LogP contribution < -0.4 is 9.64 Å². The van der Waals surface area contributed by atoms with Crippen LogP contribution in [0, 0.1) is 0 Å². The number of carboxylic acids is 1. The van der Waals surface area contributed by atoms with E-state index >= 15 is 0 Å². The van der Waals surface area contributed by atoms with Gasteiger partial charge < -0.3 is 19.8 Å². The number of hydrogen-bond acceptors (Lipinski definition) is 4. The van der Waals surface area contributed by atoms with Crippen LogP contribution >= 0.6 is 0 Å². The maximum absolute atomic E-state index is 11.1. The lowest BCUT2D eigenvalue weighted by molar-refractivity contribution is 0.0693. The van der Waals surface area contributed by atoms with E-state index in [-0.39, 0.29) is 11.3 Å². The van der Waals surface area contributed by atoms with Crippen molar-refractivity contribution >= 4 is 11.7 Å². The van der Waals surface area contributed by atoms with Crippen LogP contribution in [0.15, 0.2) is 42.5 Å². The van der Waals surface area contributed by atoms with Crippen molar-refractivity contribution in [2.75, 3.05) is 18.1 Å². The number of nitrogens with zero attached hydrogens (tertiary/aromatic N) is 1. The van der Waals surface area contributed by atoms with Gasteiger partial charge in [0.05, 0.1) is 12.2 Å². The summed E-state index contributed by atoms with van der Waals surface area (Å²) in [6.07, 6.45) is 0. The SMILES string of the molecule is O=C(O)c1cc(CN2CCOc3ccccc32)ccc1O. The fourth-order valence-corrected chi connectivity index (χ4v) is 2.46. The normalized spacial score (nSPS) is 13.4. The number of aromatic carboxylic acids is 1. The van der Waals surface area contributed by atoms with E-state index in [4.69, 9.17) is 9.84 Å². The molecule has 0 spiro atoms. The second kappa shape index (κ2) is 5.36. The van der Waals surface area contributed by atoms with Gasteiger partial charge in [0.25, 0.3) is 0 Å². The topological polar surface area (TPSA) is 70.0 Å². The lowest BCUT2D eigenvalue weighted by Crippen LogP contribution is -2.32. The summed E-state index contributed by atoms with van der Waals surface area (Å²) in [5.41, 5.74) is 1.75. The van der Waals surface area contributed by atoms with Crippen molar-refractivity contribution in [3.05, 3.63) is 53.6 Å². The molecule has 2 aromatic carbocycles. The summed E-state index contributed by atoms with van der Waals surface area (Å²) < 4.78 is 5.60. The number of benzene rings is 2. The van der Waals surface area contributed by atoms with E-state index < -0.39 is 5.97 Å². The van der Waals surface area contributed by atoms with Gasteiger partial charge in [0.15, 0.2) is 0 Å². The van der Waals surface area contributed by atoms with E-state index in [0.717, 1.165) is 23.5 Å². The number of ether oxygens (including phenoxy) is 1. The Bertz CT molecular complexity index is 684. The molecule has 0 amide bonds. The maximum Gasteiger partial charge on any atom is 0.339 e. The number of carboxylic acid groups (broad SMARTS) is 1. The summed E-state index contributed by atoms with van der Waals surface area (Å²) >= 11 is 0. The summed E-state index contributed by atoms with van der Waals surface area (Å²) in [4.78, 5) is 13.2. The van der Waals surface area contributed by atoms with E-state index in [1.54, 1.807) is 6.07 Å². The van der Waals surface area contributed by atoms with Crippen LogP contribution in [0.2, 0.25) is 0 Å². The first-order valence-electron chi connectivity index (χ1n) is 6.67. The molecule has 0 aromatic heterocycles. The quantitative estimate of drug-likeness (QED) is 0.906. The van der Waals surface area contributed by atoms with Gasteiger partial charge in [0.1, 0.15) is 23.7 Å². The molecule has 0 saturated carbocycles. The van der Waals surface area contributed by atoms with Crippen LogP contribution in [0.4, 0.5) is 5.69 Å². The third kappa shape index (κ3) is 2.63. The van der Waals surface area contributed by atoms with Crippen molar-refractivity contribution in [2.45, 2.75) is 6.54 Å². The summed E-state index contributed by atoms with van der Waals surface area (Å²) in [7, 11) is 0. The van der Waals surface area contributed by atoms with Crippen molar-refractivity contribution in [3.8, 4) is 11.5 Å². The molecule has 0 saturated heterocycles. The van der Waals surface area contributed by atoms with Gasteiger partial charge in [-0.3, -0.25) is 0 Å². The lowest BCUT2D eigenvalue weighted by atomic mass is 10.1. The Morgan fingerprint density at radius 3 is 2.86 bits per heavy atom. The average molecular weight is 285 g/mol. The van der Waals surface area contributed by atoms with Crippen molar-refractivity contribution < 1.29 is 19.7 Å². The summed E-state index contributed by atoms with van der Waals surface area (Å²) in [5, 5.41) is 18.6. The van der Waals surface area contributed by atoms with E-state index in [1.165, 1.54) is 12.1 Å². The molecule has 0 fully saturated rings. The van der Waals surface area contributed by atoms with E-state index in [0.29, 0.717) is 13.2 Å². The monoisotopic (exact) mass is 285 g/mol. The second-order valence-corrected chi connectivity index (χ2v) is 4.89. The van der Waals surface area contributed by atoms with Crippen molar-refractivity contribution in [2.24, 2.45) is 0 Å². The minimum absolute atomic E-state index is 0.0750. The highest BCUT2D eigenvalue weighted by Gasteiger charge is 2.18. The predicted molar refractivity (Wildman–Crippen MR) is 78.1 cm³/mol. The van der Waals surface area contributed by atoms with E-state index in [2.05, 4.69) is 4.90 Å². The molecule has 0 radical (unpaired) electrons. The van der Waals surface area contributed by atoms with Crippen molar-refractivity contribution in [3.63, 3.8) is 0 Å². The van der Waals surface area contributed by atoms with Gasteiger partial charge in [-0.1, -0.05) is 18.2 Å². The largest absolute Gasteiger partial charge is 0.507 e. The number of aromatic hydroxyl groups is 1. The number of para-hydroxylation sites is 2. The maximum atomic E-state index is 11.1. The molecule has 21 heavy (non-hydrogen) atoms. The number of carbonyl (C=O) groups is 1. The van der Waals surface area contributed by atoms with E-state index in [9.17, 15) is 9.90 Å². The minimum atomic E-state index is -1.13. The smallest absolute Gasteiger partial charge is 0.339 e. The highest BCUT2D eigenvalue weighted by Crippen LogP contribution is 2.32. The molecule has 2 N–H and O–H groups in total. The Morgan fingerprint density at radius 2 is 2.05 bits per heavy atom. The van der Waals surface area contributed by atoms with Crippen LogP contribution in [0.5, 0.6) is 11.5 Å². The Labute approximate surface area is 122 Å². The summed E-state index contributed by atoms with van der Waals surface area (Å²) in [5.74, 6) is -0.508. The first kappa shape index (κ1) is 13.3. The fraction of sp³-hybridized carbons (Fsp3) is 0.188. The highest BCUT2D eigenvalue weighted by molar-refractivity contribution is 5.90. The molecule has 0 unspecified atom stereocenters. The van der Waals surface area contributed by atoms with Crippen LogP contribution in [-0.2, 0) is 6.54 Å². The van der Waals surface area contributed by atoms with Crippen LogP contribution in [0.1, 0.15) is 15.9 Å². The fourth-order valence-electron chi connectivity index (χ4n) is 2.46. The molecule has 1 aliphatic rings. The zero-order chi connectivity index (χ0) is 14.8. The molecule has 5 heteroatoms. The summed E-state index contributed by atoms with van der Waals surface area (Å²) in [6.45, 7) is 1.90.